The van der Waals surface area contributed by atoms with E-state index in [-0.39, 0.29) is 17.5 Å². The molecule has 2 aromatic rings. The van der Waals surface area contributed by atoms with Crippen molar-refractivity contribution < 1.29 is 19.1 Å². The third kappa shape index (κ3) is 3.92. The van der Waals surface area contributed by atoms with E-state index in [1.54, 1.807) is 26.4 Å². The number of hydrogen-bond donors (Lipinski definition) is 1. The quantitative estimate of drug-likeness (QED) is 0.563. The molecular weight excluding hydrogens is 356 g/mol. The molecule has 28 heavy (non-hydrogen) atoms. The van der Waals surface area contributed by atoms with E-state index in [2.05, 4.69) is 5.32 Å². The van der Waals surface area contributed by atoms with Gasteiger partial charge in [0.15, 0.2) is 0 Å². The van der Waals surface area contributed by atoms with Crippen molar-refractivity contribution >= 4 is 23.1 Å². The number of hydrogen-bond acceptors (Lipinski definition) is 5. The summed E-state index contributed by atoms with van der Waals surface area (Å²) in [7, 11) is 3.14. The zero-order valence-corrected chi connectivity index (χ0v) is 16.3. The zero-order chi connectivity index (χ0) is 20.1. The number of rotatable bonds is 8. The standard InChI is InChI=1S/C22H24N2O4/c1-15-8-6-9-16(14-15)23-20-19(17-10-4-5-11-18(17)28-3)21(25)24(22(20)26)12-7-13-27-2/h4-6,8-11,14,23H,7,12-13H2,1-3H3. The van der Waals surface area contributed by atoms with Gasteiger partial charge >= 0.3 is 0 Å². The van der Waals surface area contributed by atoms with Gasteiger partial charge < -0.3 is 14.8 Å². The monoisotopic (exact) mass is 380 g/mol. The van der Waals surface area contributed by atoms with Crippen LogP contribution in [0.2, 0.25) is 0 Å². The summed E-state index contributed by atoms with van der Waals surface area (Å²) < 4.78 is 10.5. The van der Waals surface area contributed by atoms with Crippen molar-refractivity contribution in [2.45, 2.75) is 13.3 Å². The van der Waals surface area contributed by atoms with E-state index in [1.807, 2.05) is 43.3 Å². The summed E-state index contributed by atoms with van der Waals surface area (Å²) in [5.41, 5.74) is 2.98. The smallest absolute Gasteiger partial charge is 0.278 e. The lowest BCUT2D eigenvalue weighted by molar-refractivity contribution is -0.137. The first-order valence-corrected chi connectivity index (χ1v) is 9.13. The van der Waals surface area contributed by atoms with Crippen LogP contribution in [0.15, 0.2) is 54.2 Å². The molecule has 146 valence electrons. The molecule has 0 aliphatic carbocycles. The maximum absolute atomic E-state index is 13.2. The first-order chi connectivity index (χ1) is 13.6. The van der Waals surface area contributed by atoms with E-state index in [0.717, 1.165) is 11.3 Å². The normalized spacial score (nSPS) is 14.0. The fraction of sp³-hybridized carbons (Fsp3) is 0.273. The second-order valence-electron chi connectivity index (χ2n) is 6.55. The van der Waals surface area contributed by atoms with Crippen molar-refractivity contribution in [3.8, 4) is 5.75 Å². The molecule has 1 N–H and O–H groups in total. The third-order valence-electron chi connectivity index (χ3n) is 4.56. The topological polar surface area (TPSA) is 67.9 Å². The minimum absolute atomic E-state index is 0.262. The van der Waals surface area contributed by atoms with Crippen LogP contribution in [0.4, 0.5) is 5.69 Å². The van der Waals surface area contributed by atoms with Crippen LogP contribution in [0.5, 0.6) is 5.75 Å². The molecule has 2 aromatic carbocycles. The number of ether oxygens (including phenoxy) is 2. The highest BCUT2D eigenvalue weighted by Crippen LogP contribution is 2.35. The summed E-state index contributed by atoms with van der Waals surface area (Å²) in [5.74, 6) is -0.134. The molecule has 0 fully saturated rings. The van der Waals surface area contributed by atoms with E-state index in [4.69, 9.17) is 9.47 Å². The number of amides is 2. The van der Waals surface area contributed by atoms with Crippen LogP contribution in [-0.2, 0) is 14.3 Å². The molecule has 1 heterocycles. The summed E-state index contributed by atoms with van der Waals surface area (Å²) >= 11 is 0. The van der Waals surface area contributed by atoms with Gasteiger partial charge in [-0.25, -0.2) is 0 Å². The Labute approximate surface area is 164 Å². The summed E-state index contributed by atoms with van der Waals surface area (Å²) in [6, 6.07) is 14.9. The highest BCUT2D eigenvalue weighted by atomic mass is 16.5. The average Bonchev–Trinajstić information content (AvgIpc) is 2.92. The first-order valence-electron chi connectivity index (χ1n) is 9.13. The first kappa shape index (κ1) is 19.6. The lowest BCUT2D eigenvalue weighted by atomic mass is 10.0. The van der Waals surface area contributed by atoms with Crippen LogP contribution in [0.1, 0.15) is 17.5 Å². The van der Waals surface area contributed by atoms with Gasteiger partial charge in [0.1, 0.15) is 11.4 Å². The Bertz CT molecular complexity index is 920. The molecule has 1 aliphatic heterocycles. The molecule has 0 atom stereocenters. The van der Waals surface area contributed by atoms with Gasteiger partial charge in [-0.2, -0.15) is 0 Å². The highest BCUT2D eigenvalue weighted by Gasteiger charge is 2.39. The number of nitrogens with one attached hydrogen (secondary N) is 1. The molecule has 0 radical (unpaired) electrons. The van der Waals surface area contributed by atoms with Crippen LogP contribution >= 0.6 is 0 Å². The Kier molecular flexibility index (Phi) is 6.11. The fourth-order valence-electron chi connectivity index (χ4n) is 3.23. The molecule has 6 nitrogen and oxygen atoms in total. The summed E-state index contributed by atoms with van der Waals surface area (Å²) in [6.45, 7) is 2.74. The average molecular weight is 380 g/mol. The van der Waals surface area contributed by atoms with Gasteiger partial charge in [-0.05, 0) is 37.1 Å². The second kappa shape index (κ2) is 8.71. The molecule has 0 spiro atoms. The SMILES string of the molecule is COCCCN1C(=O)C(Nc2cccc(C)c2)=C(c2ccccc2OC)C1=O. The zero-order valence-electron chi connectivity index (χ0n) is 16.3. The lowest BCUT2D eigenvalue weighted by Gasteiger charge is -2.15. The Hall–Kier alpha value is -3.12. The highest BCUT2D eigenvalue weighted by molar-refractivity contribution is 6.37. The van der Waals surface area contributed by atoms with Gasteiger partial charge in [0.05, 0.1) is 12.7 Å². The fourth-order valence-corrected chi connectivity index (χ4v) is 3.23. The maximum atomic E-state index is 13.2. The van der Waals surface area contributed by atoms with E-state index in [0.29, 0.717) is 36.5 Å². The molecule has 0 bridgehead atoms. The summed E-state index contributed by atoms with van der Waals surface area (Å²) in [5, 5.41) is 3.16. The Balaban J connectivity index is 2.05. The largest absolute Gasteiger partial charge is 0.496 e. The van der Waals surface area contributed by atoms with Crippen molar-refractivity contribution in [2.75, 3.05) is 32.7 Å². The number of carbonyl (C=O) groups is 2. The molecule has 2 amide bonds. The van der Waals surface area contributed by atoms with Crippen molar-refractivity contribution in [1.29, 1.82) is 0 Å². The van der Waals surface area contributed by atoms with Crippen LogP contribution in [0.25, 0.3) is 5.57 Å². The van der Waals surface area contributed by atoms with Gasteiger partial charge in [0, 0.05) is 31.5 Å². The van der Waals surface area contributed by atoms with Crippen molar-refractivity contribution in [1.82, 2.24) is 4.90 Å². The lowest BCUT2D eigenvalue weighted by Crippen LogP contribution is -2.33. The number of imide groups is 1. The number of anilines is 1. The van der Waals surface area contributed by atoms with Crippen LogP contribution in [-0.4, -0.2) is 44.1 Å². The van der Waals surface area contributed by atoms with Gasteiger partial charge in [0.25, 0.3) is 11.8 Å². The predicted molar refractivity (Wildman–Crippen MR) is 108 cm³/mol. The molecule has 6 heteroatoms. The number of nitrogens with zero attached hydrogens (tertiary/aromatic N) is 1. The van der Waals surface area contributed by atoms with E-state index < -0.39 is 0 Å². The molecule has 0 unspecified atom stereocenters. The Morgan fingerprint density at radius 3 is 2.50 bits per heavy atom. The molecule has 0 aromatic heterocycles. The number of aryl methyl sites for hydroxylation is 1. The number of methoxy groups -OCH3 is 2. The van der Waals surface area contributed by atoms with E-state index in [9.17, 15) is 9.59 Å². The van der Waals surface area contributed by atoms with Crippen LogP contribution < -0.4 is 10.1 Å². The number of para-hydroxylation sites is 1. The summed E-state index contributed by atoms with van der Waals surface area (Å²) in [4.78, 5) is 27.5. The third-order valence-corrected chi connectivity index (χ3v) is 4.56. The minimum Gasteiger partial charge on any atom is -0.496 e. The molecule has 0 saturated heterocycles. The van der Waals surface area contributed by atoms with Crippen LogP contribution in [0, 0.1) is 6.92 Å². The van der Waals surface area contributed by atoms with E-state index in [1.165, 1.54) is 4.90 Å². The summed E-state index contributed by atoms with van der Waals surface area (Å²) in [6.07, 6.45) is 0.574. The molecular formula is C22H24N2O4. The number of benzene rings is 2. The van der Waals surface area contributed by atoms with Crippen molar-refractivity contribution in [3.05, 3.63) is 65.4 Å². The number of carbonyl (C=O) groups excluding carboxylic acids is 2. The maximum Gasteiger partial charge on any atom is 0.278 e. The van der Waals surface area contributed by atoms with Gasteiger partial charge in [-0.15, -0.1) is 0 Å². The molecule has 0 saturated carbocycles. The Morgan fingerprint density at radius 1 is 1.00 bits per heavy atom. The molecule has 1 aliphatic rings. The van der Waals surface area contributed by atoms with Crippen LogP contribution in [0.3, 0.4) is 0 Å². The van der Waals surface area contributed by atoms with Gasteiger partial charge in [-0.1, -0.05) is 30.3 Å². The van der Waals surface area contributed by atoms with Gasteiger partial charge in [0.2, 0.25) is 0 Å². The Morgan fingerprint density at radius 2 is 1.79 bits per heavy atom. The second-order valence-corrected chi connectivity index (χ2v) is 6.55. The minimum atomic E-state index is -0.344. The molecule has 3 rings (SSSR count). The van der Waals surface area contributed by atoms with E-state index >= 15 is 0 Å². The predicted octanol–water partition coefficient (Wildman–Crippen LogP) is 3.23. The van der Waals surface area contributed by atoms with Crippen molar-refractivity contribution in [3.63, 3.8) is 0 Å². The van der Waals surface area contributed by atoms with Gasteiger partial charge in [-0.3, -0.25) is 14.5 Å². The van der Waals surface area contributed by atoms with Crippen molar-refractivity contribution in [2.24, 2.45) is 0 Å².